The van der Waals surface area contributed by atoms with Gasteiger partial charge in [-0.3, -0.25) is 0 Å². The number of hydrogen-bond donors (Lipinski definition) is 0. The van der Waals surface area contributed by atoms with Crippen molar-refractivity contribution in [1.82, 2.24) is 0 Å². The van der Waals surface area contributed by atoms with Crippen LogP contribution >= 0.6 is 11.6 Å². The van der Waals surface area contributed by atoms with Crippen molar-refractivity contribution in [3.63, 3.8) is 0 Å². The maximum absolute atomic E-state index is 12.6. The molecule has 0 saturated carbocycles. The zero-order valence-corrected chi connectivity index (χ0v) is 20.0. The summed E-state index contributed by atoms with van der Waals surface area (Å²) in [4.78, 5) is 17.0. The number of carbonyl (C=O) groups excluding carboxylic acids is 1. The molecule has 4 aromatic carbocycles. The molecule has 6 heteroatoms. The average molecular weight is 496 g/mol. The van der Waals surface area contributed by atoms with Crippen LogP contribution in [0.15, 0.2) is 114 Å². The Kier molecular flexibility index (Phi) is 7.10. The molecule has 0 fully saturated rings. The maximum atomic E-state index is 12.6. The summed E-state index contributed by atoms with van der Waals surface area (Å²) >= 11 is 6.25. The quantitative estimate of drug-likeness (QED) is 0.198. The van der Waals surface area contributed by atoms with E-state index >= 15 is 0 Å². The van der Waals surface area contributed by atoms with Crippen LogP contribution < -0.4 is 9.47 Å². The van der Waals surface area contributed by atoms with Crippen LogP contribution in [-0.4, -0.2) is 11.9 Å². The SMILES string of the molecule is O=C1OC(c2ccccc2Cl)=N/C1=C\c1ccc(OCc2ccccc2)cc1OCc1ccccc1. The van der Waals surface area contributed by atoms with E-state index < -0.39 is 5.97 Å². The highest BCUT2D eigenvalue weighted by molar-refractivity contribution is 6.34. The van der Waals surface area contributed by atoms with Gasteiger partial charge in [0.1, 0.15) is 24.7 Å². The minimum atomic E-state index is -0.552. The molecule has 0 radical (unpaired) electrons. The lowest BCUT2D eigenvalue weighted by Crippen LogP contribution is -2.05. The number of rotatable bonds is 8. The molecule has 0 aromatic heterocycles. The second kappa shape index (κ2) is 10.9. The van der Waals surface area contributed by atoms with Crippen molar-refractivity contribution in [3.05, 3.63) is 136 Å². The molecule has 178 valence electrons. The van der Waals surface area contributed by atoms with Gasteiger partial charge in [-0.25, -0.2) is 9.79 Å². The zero-order chi connectivity index (χ0) is 24.7. The van der Waals surface area contributed by atoms with Crippen molar-refractivity contribution >= 4 is 29.5 Å². The molecule has 0 bridgehead atoms. The van der Waals surface area contributed by atoms with Crippen LogP contribution in [0.5, 0.6) is 11.5 Å². The van der Waals surface area contributed by atoms with E-state index in [1.807, 2.05) is 84.9 Å². The van der Waals surface area contributed by atoms with Gasteiger partial charge in [-0.1, -0.05) is 84.4 Å². The van der Waals surface area contributed by atoms with Crippen molar-refractivity contribution in [2.45, 2.75) is 13.2 Å². The molecule has 0 aliphatic carbocycles. The molecule has 0 amide bonds. The first-order valence-electron chi connectivity index (χ1n) is 11.4. The third-order valence-electron chi connectivity index (χ3n) is 5.49. The zero-order valence-electron chi connectivity index (χ0n) is 19.3. The van der Waals surface area contributed by atoms with Crippen LogP contribution in [0.2, 0.25) is 5.02 Å². The molecule has 0 atom stereocenters. The monoisotopic (exact) mass is 495 g/mol. The van der Waals surface area contributed by atoms with Crippen LogP contribution in [0.1, 0.15) is 22.3 Å². The van der Waals surface area contributed by atoms with E-state index in [4.69, 9.17) is 25.8 Å². The molecular weight excluding hydrogens is 474 g/mol. The van der Waals surface area contributed by atoms with E-state index in [2.05, 4.69) is 4.99 Å². The Hall–Kier alpha value is -4.35. The van der Waals surface area contributed by atoms with Crippen molar-refractivity contribution in [3.8, 4) is 11.5 Å². The molecule has 5 rings (SSSR count). The van der Waals surface area contributed by atoms with Crippen molar-refractivity contribution < 1.29 is 19.0 Å². The smallest absolute Gasteiger partial charge is 0.363 e. The fourth-order valence-corrected chi connectivity index (χ4v) is 3.85. The predicted octanol–water partition coefficient (Wildman–Crippen LogP) is 6.84. The number of benzene rings is 4. The summed E-state index contributed by atoms with van der Waals surface area (Å²) in [7, 11) is 0. The van der Waals surface area contributed by atoms with Crippen LogP contribution in [-0.2, 0) is 22.7 Å². The molecule has 0 spiro atoms. The summed E-state index contributed by atoms with van der Waals surface area (Å²) in [5.74, 6) is 0.833. The maximum Gasteiger partial charge on any atom is 0.363 e. The molecule has 1 heterocycles. The minimum Gasteiger partial charge on any atom is -0.489 e. The van der Waals surface area contributed by atoms with Crippen molar-refractivity contribution in [2.24, 2.45) is 4.99 Å². The molecule has 36 heavy (non-hydrogen) atoms. The molecule has 1 aliphatic rings. The van der Waals surface area contributed by atoms with E-state index in [0.29, 0.717) is 40.9 Å². The molecule has 0 N–H and O–H groups in total. The lowest BCUT2D eigenvalue weighted by atomic mass is 10.1. The number of aliphatic imine (C=N–C) groups is 1. The second-order valence-corrected chi connectivity index (χ2v) is 8.47. The van der Waals surface area contributed by atoms with E-state index in [-0.39, 0.29) is 11.6 Å². The third-order valence-corrected chi connectivity index (χ3v) is 5.82. The van der Waals surface area contributed by atoms with E-state index in [9.17, 15) is 4.79 Å². The lowest BCUT2D eigenvalue weighted by molar-refractivity contribution is -0.129. The van der Waals surface area contributed by atoms with Gasteiger partial charge in [-0.2, -0.15) is 0 Å². The fourth-order valence-electron chi connectivity index (χ4n) is 3.63. The summed E-state index contributed by atoms with van der Waals surface area (Å²) < 4.78 is 17.5. The highest BCUT2D eigenvalue weighted by Gasteiger charge is 2.26. The number of ether oxygens (including phenoxy) is 3. The summed E-state index contributed by atoms with van der Waals surface area (Å²) in [6.07, 6.45) is 1.65. The van der Waals surface area contributed by atoms with Gasteiger partial charge in [-0.15, -0.1) is 0 Å². The van der Waals surface area contributed by atoms with Crippen LogP contribution in [0, 0.1) is 0 Å². The van der Waals surface area contributed by atoms with Gasteiger partial charge in [0.15, 0.2) is 5.70 Å². The highest BCUT2D eigenvalue weighted by Crippen LogP contribution is 2.30. The van der Waals surface area contributed by atoms with E-state index in [0.717, 1.165) is 11.1 Å². The Morgan fingerprint density at radius 3 is 2.11 bits per heavy atom. The lowest BCUT2D eigenvalue weighted by Gasteiger charge is -2.13. The Bertz CT molecular complexity index is 1430. The molecule has 1 aliphatic heterocycles. The van der Waals surface area contributed by atoms with Gasteiger partial charge in [0.2, 0.25) is 5.90 Å². The van der Waals surface area contributed by atoms with Crippen LogP contribution in [0.3, 0.4) is 0 Å². The normalized spacial score (nSPS) is 13.9. The average Bonchev–Trinajstić information content (AvgIpc) is 3.28. The number of hydrogen-bond acceptors (Lipinski definition) is 5. The fraction of sp³-hybridized carbons (Fsp3) is 0.0667. The summed E-state index contributed by atoms with van der Waals surface area (Å²) in [5.41, 5.74) is 3.47. The summed E-state index contributed by atoms with van der Waals surface area (Å²) in [6, 6.07) is 32.4. The number of cyclic esters (lactones) is 1. The van der Waals surface area contributed by atoms with Crippen molar-refractivity contribution in [2.75, 3.05) is 0 Å². The van der Waals surface area contributed by atoms with E-state index in [1.54, 1.807) is 24.3 Å². The molecule has 0 unspecified atom stereocenters. The Morgan fingerprint density at radius 2 is 1.42 bits per heavy atom. The summed E-state index contributed by atoms with van der Waals surface area (Å²) in [5, 5.41) is 0.456. The van der Waals surface area contributed by atoms with Crippen molar-refractivity contribution in [1.29, 1.82) is 0 Å². The Morgan fingerprint density at radius 1 is 0.778 bits per heavy atom. The van der Waals surface area contributed by atoms with E-state index in [1.165, 1.54) is 0 Å². The molecular formula is C30H22ClNO4. The van der Waals surface area contributed by atoms with Gasteiger partial charge in [0.25, 0.3) is 0 Å². The summed E-state index contributed by atoms with van der Waals surface area (Å²) in [6.45, 7) is 0.787. The Balaban J connectivity index is 1.43. The number of halogens is 1. The van der Waals surface area contributed by atoms with Crippen LogP contribution in [0.25, 0.3) is 6.08 Å². The minimum absolute atomic E-state index is 0.160. The second-order valence-electron chi connectivity index (χ2n) is 8.06. The van der Waals surface area contributed by atoms with Gasteiger partial charge in [0, 0.05) is 11.6 Å². The standard InChI is InChI=1S/C30H22ClNO4/c31-26-14-8-7-13-25(26)29-32-27(30(33)36-29)17-23-15-16-24(34-19-21-9-3-1-4-10-21)18-28(23)35-20-22-11-5-2-6-12-22/h1-18H,19-20H2/b27-17-. The van der Waals surface area contributed by atoms with Gasteiger partial charge in [-0.05, 0) is 41.5 Å². The van der Waals surface area contributed by atoms with Crippen LogP contribution in [0.4, 0.5) is 0 Å². The van der Waals surface area contributed by atoms with Gasteiger partial charge < -0.3 is 14.2 Å². The predicted molar refractivity (Wildman–Crippen MR) is 140 cm³/mol. The van der Waals surface area contributed by atoms with Gasteiger partial charge in [0.05, 0.1) is 10.6 Å². The topological polar surface area (TPSA) is 57.1 Å². The molecule has 0 saturated heterocycles. The number of carbonyl (C=O) groups is 1. The number of nitrogens with zero attached hydrogens (tertiary/aromatic N) is 1. The van der Waals surface area contributed by atoms with Gasteiger partial charge >= 0.3 is 5.97 Å². The molecule has 5 nitrogen and oxygen atoms in total. The largest absolute Gasteiger partial charge is 0.489 e. The first-order valence-corrected chi connectivity index (χ1v) is 11.8. The first kappa shape index (κ1) is 23.4. The number of esters is 1. The third kappa shape index (κ3) is 5.65. The first-order chi connectivity index (χ1) is 17.7. The Labute approximate surface area is 214 Å². The molecule has 4 aromatic rings. The highest BCUT2D eigenvalue weighted by atomic mass is 35.5.